The van der Waals surface area contributed by atoms with Crippen molar-refractivity contribution in [1.29, 1.82) is 0 Å². The zero-order valence-corrected chi connectivity index (χ0v) is 19.7. The van der Waals surface area contributed by atoms with E-state index in [1.807, 2.05) is 0 Å². The monoisotopic (exact) mass is 483 g/mol. The maximum absolute atomic E-state index is 12.5. The van der Waals surface area contributed by atoms with Crippen molar-refractivity contribution in [3.63, 3.8) is 0 Å². The van der Waals surface area contributed by atoms with E-state index in [1.54, 1.807) is 56.3 Å². The number of hydrogen-bond donors (Lipinski definition) is 1. The Morgan fingerprint density at radius 2 is 1.85 bits per heavy atom. The minimum Gasteiger partial charge on any atom is -0.423 e. The van der Waals surface area contributed by atoms with Gasteiger partial charge in [0.2, 0.25) is 0 Å². The van der Waals surface area contributed by atoms with Gasteiger partial charge in [-0.2, -0.15) is 10.2 Å². The van der Waals surface area contributed by atoms with Gasteiger partial charge in [0.15, 0.2) is 0 Å². The number of hydrazone groups is 1. The standard InChI is InChI=1S/C23H22ClN5O5/c1-13(25-26-22(30)16(4)28-15(3)21(29(32)33)14(2)27-28)17-8-10-20(11-9-17)34-23(31)18-6-5-7-19(24)12-18/h5-12,16H,1-4H3,(H,26,30). The minimum atomic E-state index is -0.808. The second kappa shape index (κ2) is 10.3. The van der Waals surface area contributed by atoms with Gasteiger partial charge in [0, 0.05) is 5.02 Å². The molecule has 0 saturated carbocycles. The van der Waals surface area contributed by atoms with Crippen molar-refractivity contribution < 1.29 is 19.2 Å². The fourth-order valence-electron chi connectivity index (χ4n) is 3.25. The van der Waals surface area contributed by atoms with E-state index < -0.39 is 22.8 Å². The highest BCUT2D eigenvalue weighted by Gasteiger charge is 2.27. The third-order valence-corrected chi connectivity index (χ3v) is 5.33. The van der Waals surface area contributed by atoms with E-state index in [0.29, 0.717) is 27.6 Å². The van der Waals surface area contributed by atoms with Crippen LogP contribution < -0.4 is 10.2 Å². The molecule has 0 aliphatic heterocycles. The molecule has 0 bridgehead atoms. The zero-order valence-electron chi connectivity index (χ0n) is 18.9. The first-order valence-corrected chi connectivity index (χ1v) is 10.6. The van der Waals surface area contributed by atoms with E-state index in [2.05, 4.69) is 15.6 Å². The number of esters is 1. The molecule has 0 fully saturated rings. The third-order valence-electron chi connectivity index (χ3n) is 5.09. The Hall–Kier alpha value is -4.05. The molecule has 11 heteroatoms. The average Bonchev–Trinajstić information content (AvgIpc) is 3.11. The van der Waals surface area contributed by atoms with Crippen LogP contribution in [0.5, 0.6) is 5.75 Å². The number of carbonyl (C=O) groups excluding carboxylic acids is 2. The minimum absolute atomic E-state index is 0.115. The first-order valence-electron chi connectivity index (χ1n) is 10.2. The number of aromatic nitrogens is 2. The van der Waals surface area contributed by atoms with Crippen molar-refractivity contribution in [3.8, 4) is 5.75 Å². The fourth-order valence-corrected chi connectivity index (χ4v) is 3.44. The van der Waals surface area contributed by atoms with Crippen molar-refractivity contribution in [2.75, 3.05) is 0 Å². The number of halogens is 1. The number of aryl methyl sites for hydroxylation is 1. The van der Waals surface area contributed by atoms with Crippen molar-refractivity contribution in [2.24, 2.45) is 5.10 Å². The van der Waals surface area contributed by atoms with Gasteiger partial charge in [0.05, 0.1) is 16.2 Å². The molecule has 1 N–H and O–H groups in total. The molecular formula is C23H22ClN5O5. The van der Waals surface area contributed by atoms with Crippen LogP contribution in [0.25, 0.3) is 0 Å². The molecule has 2 aromatic carbocycles. The van der Waals surface area contributed by atoms with E-state index >= 15 is 0 Å². The van der Waals surface area contributed by atoms with Crippen LogP contribution in [0.1, 0.15) is 47.2 Å². The highest BCUT2D eigenvalue weighted by Crippen LogP contribution is 2.24. The maximum Gasteiger partial charge on any atom is 0.343 e. The number of amides is 1. The smallest absolute Gasteiger partial charge is 0.343 e. The molecule has 176 valence electrons. The Morgan fingerprint density at radius 3 is 2.44 bits per heavy atom. The van der Waals surface area contributed by atoms with E-state index in [-0.39, 0.29) is 17.1 Å². The highest BCUT2D eigenvalue weighted by atomic mass is 35.5. The maximum atomic E-state index is 12.5. The highest BCUT2D eigenvalue weighted by molar-refractivity contribution is 6.30. The fraction of sp³-hybridized carbons (Fsp3) is 0.217. The van der Waals surface area contributed by atoms with Gasteiger partial charge in [0.25, 0.3) is 5.91 Å². The lowest BCUT2D eigenvalue weighted by molar-refractivity contribution is -0.386. The van der Waals surface area contributed by atoms with E-state index in [1.165, 1.54) is 24.6 Å². The molecule has 0 saturated heterocycles. The largest absolute Gasteiger partial charge is 0.423 e. The lowest BCUT2D eigenvalue weighted by Crippen LogP contribution is -2.29. The summed E-state index contributed by atoms with van der Waals surface area (Å²) in [6.07, 6.45) is 0. The molecule has 3 aromatic rings. The van der Waals surface area contributed by atoms with Gasteiger partial charge in [0.1, 0.15) is 23.2 Å². The van der Waals surface area contributed by atoms with Crippen molar-refractivity contribution >= 4 is 34.9 Å². The van der Waals surface area contributed by atoms with Gasteiger partial charge in [-0.15, -0.1) is 0 Å². The van der Waals surface area contributed by atoms with E-state index in [0.717, 1.165) is 0 Å². The summed E-state index contributed by atoms with van der Waals surface area (Å²) in [4.78, 5) is 35.4. The molecule has 34 heavy (non-hydrogen) atoms. The van der Waals surface area contributed by atoms with Crippen molar-refractivity contribution in [2.45, 2.75) is 33.7 Å². The van der Waals surface area contributed by atoms with Gasteiger partial charge in [-0.05, 0) is 75.7 Å². The predicted molar refractivity (Wildman–Crippen MR) is 126 cm³/mol. The van der Waals surface area contributed by atoms with Crippen LogP contribution >= 0.6 is 11.6 Å². The number of nitrogens with one attached hydrogen (secondary N) is 1. The van der Waals surface area contributed by atoms with Crippen LogP contribution in [0.2, 0.25) is 5.02 Å². The van der Waals surface area contributed by atoms with Crippen LogP contribution in [0, 0.1) is 24.0 Å². The molecule has 1 atom stereocenters. The Balaban J connectivity index is 1.65. The summed E-state index contributed by atoms with van der Waals surface area (Å²) in [7, 11) is 0. The number of carbonyl (C=O) groups is 2. The quantitative estimate of drug-likeness (QED) is 0.174. The number of ether oxygens (including phenoxy) is 1. The lowest BCUT2D eigenvalue weighted by atomic mass is 10.1. The molecule has 1 heterocycles. The first kappa shape index (κ1) is 24.6. The van der Waals surface area contributed by atoms with Crippen LogP contribution in [-0.4, -0.2) is 32.3 Å². The van der Waals surface area contributed by atoms with E-state index in [4.69, 9.17) is 16.3 Å². The lowest BCUT2D eigenvalue weighted by Gasteiger charge is -2.12. The summed E-state index contributed by atoms with van der Waals surface area (Å²) in [5, 5.41) is 19.8. The Labute approximate surface area is 200 Å². The summed E-state index contributed by atoms with van der Waals surface area (Å²) >= 11 is 5.90. The molecule has 3 rings (SSSR count). The Bertz CT molecular complexity index is 1280. The normalized spacial score (nSPS) is 12.2. The number of rotatable bonds is 7. The number of hydrogen-bond acceptors (Lipinski definition) is 7. The summed E-state index contributed by atoms with van der Waals surface area (Å²) in [5.74, 6) is -0.677. The van der Waals surface area contributed by atoms with Crippen molar-refractivity contribution in [3.05, 3.63) is 86.2 Å². The van der Waals surface area contributed by atoms with E-state index in [9.17, 15) is 19.7 Å². The molecule has 1 aromatic heterocycles. The summed E-state index contributed by atoms with van der Waals surface area (Å²) in [6, 6.07) is 12.2. The summed E-state index contributed by atoms with van der Waals surface area (Å²) < 4.78 is 6.65. The topological polar surface area (TPSA) is 129 Å². The molecule has 1 amide bonds. The SMILES string of the molecule is CC(=NNC(=O)C(C)n1nc(C)c([N+](=O)[O-])c1C)c1ccc(OC(=O)c2cccc(Cl)c2)cc1. The summed E-state index contributed by atoms with van der Waals surface area (Å²) in [6.45, 7) is 6.33. The van der Waals surface area contributed by atoms with Gasteiger partial charge >= 0.3 is 11.7 Å². The van der Waals surface area contributed by atoms with Crippen LogP contribution in [0.3, 0.4) is 0 Å². The number of nitro groups is 1. The second-order valence-electron chi connectivity index (χ2n) is 7.49. The molecule has 0 aliphatic rings. The van der Waals surface area contributed by atoms with Crippen molar-refractivity contribution in [1.82, 2.24) is 15.2 Å². The molecule has 0 spiro atoms. The Morgan fingerprint density at radius 1 is 1.18 bits per heavy atom. The summed E-state index contributed by atoms with van der Waals surface area (Å²) in [5.41, 5.74) is 4.39. The second-order valence-corrected chi connectivity index (χ2v) is 7.93. The predicted octanol–water partition coefficient (Wildman–Crippen LogP) is 4.38. The molecule has 0 radical (unpaired) electrons. The third kappa shape index (κ3) is 5.46. The van der Waals surface area contributed by atoms with Gasteiger partial charge in [-0.3, -0.25) is 19.6 Å². The van der Waals surface area contributed by atoms with Crippen LogP contribution in [0.4, 0.5) is 5.69 Å². The molecular weight excluding hydrogens is 462 g/mol. The van der Waals surface area contributed by atoms with Gasteiger partial charge in [-0.1, -0.05) is 17.7 Å². The molecule has 0 aliphatic carbocycles. The van der Waals surface area contributed by atoms with Crippen LogP contribution in [0.15, 0.2) is 53.6 Å². The van der Waals surface area contributed by atoms with Crippen LogP contribution in [-0.2, 0) is 4.79 Å². The average molecular weight is 484 g/mol. The number of nitrogens with zero attached hydrogens (tertiary/aromatic N) is 4. The molecule has 10 nitrogen and oxygen atoms in total. The van der Waals surface area contributed by atoms with Gasteiger partial charge < -0.3 is 4.74 Å². The zero-order chi connectivity index (χ0) is 25.0. The Kier molecular flexibility index (Phi) is 7.42. The molecule has 1 unspecified atom stereocenters. The van der Waals surface area contributed by atoms with Gasteiger partial charge in [-0.25, -0.2) is 10.2 Å². The first-order chi connectivity index (χ1) is 16.1. The number of benzene rings is 2.